The van der Waals surface area contributed by atoms with E-state index in [1.807, 2.05) is 23.1 Å². The summed E-state index contributed by atoms with van der Waals surface area (Å²) in [7, 11) is 1.59. The number of rotatable bonds is 4. The van der Waals surface area contributed by atoms with Gasteiger partial charge in [-0.25, -0.2) is 0 Å². The molecule has 0 saturated carbocycles. The highest BCUT2D eigenvalue weighted by atomic mass is 16.5. The number of carbonyl (C=O) groups excluding carboxylic acids is 1. The van der Waals surface area contributed by atoms with Gasteiger partial charge in [-0.3, -0.25) is 4.79 Å². The van der Waals surface area contributed by atoms with E-state index >= 15 is 0 Å². The molecular formula is C16H24N2O3. The fraction of sp³-hybridized carbons (Fsp3) is 0.562. The molecule has 116 valence electrons. The fourth-order valence-corrected chi connectivity index (χ4v) is 2.49. The van der Waals surface area contributed by atoms with E-state index in [9.17, 15) is 4.79 Å². The van der Waals surface area contributed by atoms with Crippen molar-refractivity contribution in [1.29, 1.82) is 0 Å². The number of benzene rings is 1. The maximum Gasteiger partial charge on any atom is 0.260 e. The van der Waals surface area contributed by atoms with Gasteiger partial charge in [0.2, 0.25) is 0 Å². The summed E-state index contributed by atoms with van der Waals surface area (Å²) in [5.74, 6) is 1.25. The Morgan fingerprint density at radius 2 is 2.05 bits per heavy atom. The first-order valence-electron chi connectivity index (χ1n) is 7.30. The van der Waals surface area contributed by atoms with E-state index < -0.39 is 0 Å². The van der Waals surface area contributed by atoms with Crippen LogP contribution in [-0.2, 0) is 4.79 Å². The van der Waals surface area contributed by atoms with E-state index in [2.05, 4.69) is 19.2 Å². The molecule has 0 aromatic heterocycles. The van der Waals surface area contributed by atoms with Crippen molar-refractivity contribution in [3.63, 3.8) is 0 Å². The summed E-state index contributed by atoms with van der Waals surface area (Å²) in [6.07, 6.45) is 0.962. The van der Waals surface area contributed by atoms with Gasteiger partial charge in [0.1, 0.15) is 0 Å². The summed E-state index contributed by atoms with van der Waals surface area (Å²) < 4.78 is 10.8. The van der Waals surface area contributed by atoms with Crippen LogP contribution in [0.3, 0.4) is 0 Å². The van der Waals surface area contributed by atoms with Crippen molar-refractivity contribution in [2.75, 3.05) is 33.4 Å². The van der Waals surface area contributed by atoms with Gasteiger partial charge in [0.05, 0.1) is 7.11 Å². The van der Waals surface area contributed by atoms with Crippen LogP contribution in [0.25, 0.3) is 0 Å². The van der Waals surface area contributed by atoms with Crippen molar-refractivity contribution >= 4 is 5.91 Å². The number of para-hydroxylation sites is 2. The first-order chi connectivity index (χ1) is 10.0. The molecule has 1 saturated heterocycles. The minimum absolute atomic E-state index is 0.0117. The molecule has 5 heteroatoms. The predicted molar refractivity (Wildman–Crippen MR) is 81.8 cm³/mol. The Balaban J connectivity index is 1.94. The highest BCUT2D eigenvalue weighted by Crippen LogP contribution is 2.25. The third-order valence-corrected chi connectivity index (χ3v) is 3.57. The van der Waals surface area contributed by atoms with Crippen LogP contribution in [0, 0.1) is 0 Å². The van der Waals surface area contributed by atoms with Crippen LogP contribution in [0.15, 0.2) is 24.3 Å². The lowest BCUT2D eigenvalue weighted by Gasteiger charge is -2.30. The summed E-state index contributed by atoms with van der Waals surface area (Å²) in [6.45, 7) is 6.66. The Bertz CT molecular complexity index is 488. The highest BCUT2D eigenvalue weighted by molar-refractivity contribution is 5.78. The van der Waals surface area contributed by atoms with Crippen molar-refractivity contribution in [1.82, 2.24) is 10.2 Å². The van der Waals surface area contributed by atoms with Crippen molar-refractivity contribution < 1.29 is 14.3 Å². The lowest BCUT2D eigenvalue weighted by molar-refractivity contribution is -0.133. The maximum absolute atomic E-state index is 12.3. The van der Waals surface area contributed by atoms with Gasteiger partial charge in [0.15, 0.2) is 18.1 Å². The number of amides is 1. The Morgan fingerprint density at radius 3 is 2.76 bits per heavy atom. The van der Waals surface area contributed by atoms with Crippen molar-refractivity contribution in [2.24, 2.45) is 0 Å². The van der Waals surface area contributed by atoms with Crippen LogP contribution in [0.1, 0.15) is 20.3 Å². The minimum atomic E-state index is -0.0589. The van der Waals surface area contributed by atoms with Crippen LogP contribution in [0.4, 0.5) is 0 Å². The molecule has 0 atom stereocenters. The molecule has 1 aliphatic heterocycles. The number of hydrogen-bond donors (Lipinski definition) is 1. The molecule has 0 spiro atoms. The number of hydrogen-bond acceptors (Lipinski definition) is 4. The largest absolute Gasteiger partial charge is 0.493 e. The first kappa shape index (κ1) is 15.6. The van der Waals surface area contributed by atoms with E-state index in [1.54, 1.807) is 13.2 Å². The molecule has 5 nitrogen and oxygen atoms in total. The summed E-state index contributed by atoms with van der Waals surface area (Å²) in [5.41, 5.74) is -0.0589. The van der Waals surface area contributed by atoms with Crippen LogP contribution in [-0.4, -0.2) is 49.7 Å². The van der Waals surface area contributed by atoms with Gasteiger partial charge in [-0.1, -0.05) is 12.1 Å². The molecule has 0 radical (unpaired) electrons. The van der Waals surface area contributed by atoms with Gasteiger partial charge >= 0.3 is 0 Å². The van der Waals surface area contributed by atoms with Crippen molar-refractivity contribution in [2.45, 2.75) is 25.8 Å². The topological polar surface area (TPSA) is 50.8 Å². The molecule has 0 bridgehead atoms. The second-order valence-corrected chi connectivity index (χ2v) is 5.92. The smallest absolute Gasteiger partial charge is 0.260 e. The normalized spacial score (nSPS) is 18.0. The zero-order valence-electron chi connectivity index (χ0n) is 13.0. The molecular weight excluding hydrogens is 268 g/mol. The number of methoxy groups -OCH3 is 1. The van der Waals surface area contributed by atoms with E-state index in [1.165, 1.54) is 0 Å². The average Bonchev–Trinajstić information content (AvgIpc) is 2.65. The Hall–Kier alpha value is -1.75. The molecule has 1 aromatic carbocycles. The Kier molecular flexibility index (Phi) is 5.07. The SMILES string of the molecule is COc1ccccc1OCC(=O)N1CCCNC(C)(C)C1. The Morgan fingerprint density at radius 1 is 1.33 bits per heavy atom. The quantitative estimate of drug-likeness (QED) is 0.917. The molecule has 1 amide bonds. The summed E-state index contributed by atoms with van der Waals surface area (Å²) in [4.78, 5) is 14.2. The summed E-state index contributed by atoms with van der Waals surface area (Å²) >= 11 is 0. The summed E-state index contributed by atoms with van der Waals surface area (Å²) in [5, 5.41) is 3.44. The van der Waals surface area contributed by atoms with Crippen LogP contribution in [0.5, 0.6) is 11.5 Å². The van der Waals surface area contributed by atoms with Crippen molar-refractivity contribution in [3.8, 4) is 11.5 Å². The first-order valence-corrected chi connectivity index (χ1v) is 7.30. The van der Waals surface area contributed by atoms with E-state index in [0.717, 1.165) is 19.5 Å². The standard InChI is InChI=1S/C16H24N2O3/c1-16(2)12-18(10-6-9-17-16)15(19)11-21-14-8-5-4-7-13(14)20-3/h4-5,7-8,17H,6,9-12H2,1-3H3. The van der Waals surface area contributed by atoms with E-state index in [4.69, 9.17) is 9.47 Å². The third-order valence-electron chi connectivity index (χ3n) is 3.57. The van der Waals surface area contributed by atoms with Crippen LogP contribution >= 0.6 is 0 Å². The highest BCUT2D eigenvalue weighted by Gasteiger charge is 2.27. The van der Waals surface area contributed by atoms with Crippen LogP contribution < -0.4 is 14.8 Å². The minimum Gasteiger partial charge on any atom is -0.493 e. The fourth-order valence-electron chi connectivity index (χ4n) is 2.49. The number of ether oxygens (including phenoxy) is 2. The number of carbonyl (C=O) groups is 1. The monoisotopic (exact) mass is 292 g/mol. The molecule has 0 unspecified atom stereocenters. The van der Waals surface area contributed by atoms with E-state index in [-0.39, 0.29) is 18.1 Å². The average molecular weight is 292 g/mol. The number of nitrogens with one attached hydrogen (secondary N) is 1. The zero-order valence-corrected chi connectivity index (χ0v) is 13.0. The molecule has 1 aromatic rings. The van der Waals surface area contributed by atoms with Gasteiger partial charge in [-0.05, 0) is 38.9 Å². The molecule has 1 aliphatic rings. The molecule has 21 heavy (non-hydrogen) atoms. The van der Waals surface area contributed by atoms with Gasteiger partial charge in [0.25, 0.3) is 5.91 Å². The third kappa shape index (κ3) is 4.36. The molecule has 0 aliphatic carbocycles. The Labute approximate surface area is 126 Å². The second-order valence-electron chi connectivity index (χ2n) is 5.92. The number of nitrogens with zero attached hydrogens (tertiary/aromatic N) is 1. The molecule has 1 fully saturated rings. The lowest BCUT2D eigenvalue weighted by Crippen LogP contribution is -2.48. The molecule has 1 heterocycles. The molecule has 1 N–H and O–H groups in total. The van der Waals surface area contributed by atoms with Gasteiger partial charge in [-0.15, -0.1) is 0 Å². The van der Waals surface area contributed by atoms with Crippen molar-refractivity contribution in [3.05, 3.63) is 24.3 Å². The molecule has 2 rings (SSSR count). The van der Waals surface area contributed by atoms with Gasteiger partial charge in [-0.2, -0.15) is 0 Å². The van der Waals surface area contributed by atoms with E-state index in [0.29, 0.717) is 18.0 Å². The lowest BCUT2D eigenvalue weighted by atomic mass is 10.1. The van der Waals surface area contributed by atoms with Crippen LogP contribution in [0.2, 0.25) is 0 Å². The predicted octanol–water partition coefficient (Wildman–Crippen LogP) is 1.67. The van der Waals surface area contributed by atoms with Gasteiger partial charge < -0.3 is 19.7 Å². The maximum atomic E-state index is 12.3. The zero-order chi connectivity index (χ0) is 15.3. The second kappa shape index (κ2) is 6.80. The summed E-state index contributed by atoms with van der Waals surface area (Å²) in [6, 6.07) is 7.36. The van der Waals surface area contributed by atoms with Gasteiger partial charge in [0, 0.05) is 18.6 Å².